The number of unbranched alkanes of at least 4 members (excludes halogenated alkanes) is 3. The van der Waals surface area contributed by atoms with Gasteiger partial charge in [0, 0.05) is 24.4 Å². The molecule has 31 heavy (non-hydrogen) atoms. The molecule has 0 heterocycles. The zero-order valence-electron chi connectivity index (χ0n) is 20.6. The van der Waals surface area contributed by atoms with Gasteiger partial charge in [-0.1, -0.05) is 50.0 Å². The average Bonchev–Trinajstić information content (AvgIpc) is 3.19. The highest BCUT2D eigenvalue weighted by atomic mass is 16.3. The molecule has 0 spiro atoms. The number of carbonyl (C=O) groups excluding carboxylic acids is 1. The highest BCUT2D eigenvalue weighted by Crippen LogP contribution is 2.48. The predicted octanol–water partition coefficient (Wildman–Crippen LogP) is 5.63. The molecule has 5 atom stereocenters. The summed E-state index contributed by atoms with van der Waals surface area (Å²) in [4.78, 5) is 14.5. The summed E-state index contributed by atoms with van der Waals surface area (Å²) < 4.78 is 0. The summed E-state index contributed by atoms with van der Waals surface area (Å²) in [5.74, 6) is 1.37. The second-order valence-corrected chi connectivity index (χ2v) is 10.4. The quantitative estimate of drug-likeness (QED) is 0.292. The van der Waals surface area contributed by atoms with Crippen LogP contribution in [-0.2, 0) is 4.79 Å². The Bertz CT molecular complexity index is 602. The minimum absolute atomic E-state index is 0.159. The van der Waals surface area contributed by atoms with E-state index < -0.39 is 0 Å². The van der Waals surface area contributed by atoms with Gasteiger partial charge < -0.3 is 15.1 Å². The second-order valence-electron chi connectivity index (χ2n) is 10.4. The zero-order valence-corrected chi connectivity index (χ0v) is 20.6. The second kappa shape index (κ2) is 12.8. The van der Waals surface area contributed by atoms with Gasteiger partial charge in [0.25, 0.3) is 0 Å². The molecule has 0 unspecified atom stereocenters. The summed E-state index contributed by atoms with van der Waals surface area (Å²) in [6, 6.07) is 0.511. The van der Waals surface area contributed by atoms with Gasteiger partial charge in [-0.3, -0.25) is 4.79 Å². The van der Waals surface area contributed by atoms with E-state index in [4.69, 9.17) is 0 Å². The molecule has 0 aromatic carbocycles. The SMILES string of the molecule is CCCCC[C@@H](O)/C=C/[C@@H]1[C@H]2CC(CCCCC(=O)N(C(C)C)C(C)C)=C[C@H]2C[C@H]1O. The topological polar surface area (TPSA) is 60.8 Å². The molecule has 4 nitrogen and oxygen atoms in total. The molecule has 2 aliphatic rings. The van der Waals surface area contributed by atoms with Gasteiger partial charge in [-0.05, 0) is 78.1 Å². The molecule has 2 aliphatic carbocycles. The van der Waals surface area contributed by atoms with Crippen molar-refractivity contribution >= 4 is 5.91 Å². The lowest BCUT2D eigenvalue weighted by molar-refractivity contribution is -0.134. The summed E-state index contributed by atoms with van der Waals surface area (Å²) in [5, 5.41) is 20.7. The highest BCUT2D eigenvalue weighted by molar-refractivity contribution is 5.76. The van der Waals surface area contributed by atoms with E-state index in [0.717, 1.165) is 57.8 Å². The Hall–Kier alpha value is -1.13. The number of hydrogen-bond donors (Lipinski definition) is 2. The van der Waals surface area contributed by atoms with E-state index in [1.165, 1.54) is 5.57 Å². The third-order valence-electron chi connectivity index (χ3n) is 7.15. The fraction of sp³-hybridized carbons (Fsp3) is 0.815. The third kappa shape index (κ3) is 7.75. The molecule has 1 fully saturated rings. The smallest absolute Gasteiger partial charge is 0.223 e. The number of aliphatic hydroxyl groups excluding tert-OH is 2. The fourth-order valence-corrected chi connectivity index (χ4v) is 5.68. The molecule has 0 aromatic rings. The van der Waals surface area contributed by atoms with Gasteiger partial charge in [0.1, 0.15) is 0 Å². The first-order valence-electron chi connectivity index (χ1n) is 12.8. The number of carbonyl (C=O) groups is 1. The van der Waals surface area contributed by atoms with E-state index in [0.29, 0.717) is 18.3 Å². The minimum Gasteiger partial charge on any atom is -0.392 e. The van der Waals surface area contributed by atoms with Crippen molar-refractivity contribution in [3.05, 3.63) is 23.8 Å². The molecular weight excluding hydrogens is 386 g/mol. The Kier molecular flexibility index (Phi) is 10.8. The van der Waals surface area contributed by atoms with E-state index in [-0.39, 0.29) is 36.1 Å². The number of allylic oxidation sites excluding steroid dienone is 2. The third-order valence-corrected chi connectivity index (χ3v) is 7.15. The van der Waals surface area contributed by atoms with Gasteiger partial charge in [0.15, 0.2) is 0 Å². The van der Waals surface area contributed by atoms with Crippen LogP contribution in [-0.4, -0.2) is 45.3 Å². The van der Waals surface area contributed by atoms with E-state index in [9.17, 15) is 15.0 Å². The average molecular weight is 434 g/mol. The normalized spacial score (nSPS) is 26.7. The van der Waals surface area contributed by atoms with Crippen LogP contribution in [0.3, 0.4) is 0 Å². The lowest BCUT2D eigenvalue weighted by Crippen LogP contribution is -2.41. The van der Waals surface area contributed by atoms with Crippen molar-refractivity contribution in [3.8, 4) is 0 Å². The molecule has 2 rings (SSSR count). The van der Waals surface area contributed by atoms with Gasteiger partial charge in [-0.2, -0.15) is 0 Å². The minimum atomic E-state index is -0.389. The maximum atomic E-state index is 12.5. The largest absolute Gasteiger partial charge is 0.392 e. The van der Waals surface area contributed by atoms with Crippen LogP contribution in [0.5, 0.6) is 0 Å². The van der Waals surface area contributed by atoms with Crippen molar-refractivity contribution in [2.45, 2.75) is 123 Å². The van der Waals surface area contributed by atoms with Crippen LogP contribution in [0, 0.1) is 17.8 Å². The van der Waals surface area contributed by atoms with E-state index in [1.807, 2.05) is 11.0 Å². The van der Waals surface area contributed by atoms with Gasteiger partial charge in [-0.25, -0.2) is 0 Å². The maximum Gasteiger partial charge on any atom is 0.223 e. The zero-order chi connectivity index (χ0) is 23.0. The lowest BCUT2D eigenvalue weighted by atomic mass is 9.88. The molecule has 1 amide bonds. The number of amides is 1. The molecule has 2 N–H and O–H groups in total. The first-order valence-corrected chi connectivity index (χ1v) is 12.8. The summed E-state index contributed by atoms with van der Waals surface area (Å²) in [6.07, 6.45) is 15.5. The first kappa shape index (κ1) is 26.1. The van der Waals surface area contributed by atoms with Crippen molar-refractivity contribution in [2.75, 3.05) is 0 Å². The van der Waals surface area contributed by atoms with E-state index in [2.05, 4.69) is 46.8 Å². The molecule has 4 heteroatoms. The summed E-state index contributed by atoms with van der Waals surface area (Å²) in [5.41, 5.74) is 1.50. The van der Waals surface area contributed by atoms with Crippen LogP contribution in [0.25, 0.3) is 0 Å². The summed E-state index contributed by atoms with van der Waals surface area (Å²) >= 11 is 0. The van der Waals surface area contributed by atoms with Crippen molar-refractivity contribution < 1.29 is 15.0 Å². The van der Waals surface area contributed by atoms with Gasteiger partial charge >= 0.3 is 0 Å². The molecule has 1 saturated carbocycles. The van der Waals surface area contributed by atoms with Crippen LogP contribution in [0.1, 0.15) is 98.8 Å². The maximum absolute atomic E-state index is 12.5. The molecule has 0 aromatic heterocycles. The monoisotopic (exact) mass is 433 g/mol. The molecule has 0 radical (unpaired) electrons. The predicted molar refractivity (Wildman–Crippen MR) is 129 cm³/mol. The standard InChI is InChI=1S/C27H47NO3/c1-6-7-8-12-23(29)14-15-24-25-17-21(16-22(25)18-26(24)30)11-9-10-13-27(31)28(19(2)3)20(4)5/h14-16,19-20,22-26,29-30H,6-13,17-18H2,1-5H3/b15-14+/t22-,23+,24+,25-,26+/m0/s1. The molecular formula is C27H47NO3. The molecule has 178 valence electrons. The van der Waals surface area contributed by atoms with Crippen LogP contribution >= 0.6 is 0 Å². The Labute approximate surface area is 190 Å². The van der Waals surface area contributed by atoms with E-state index >= 15 is 0 Å². The van der Waals surface area contributed by atoms with Crippen molar-refractivity contribution in [1.29, 1.82) is 0 Å². The van der Waals surface area contributed by atoms with Gasteiger partial charge in [0.2, 0.25) is 5.91 Å². The Balaban J connectivity index is 1.76. The van der Waals surface area contributed by atoms with Crippen LogP contribution in [0.2, 0.25) is 0 Å². The molecule has 0 saturated heterocycles. The van der Waals surface area contributed by atoms with Crippen molar-refractivity contribution in [1.82, 2.24) is 4.90 Å². The number of rotatable bonds is 13. The Morgan fingerprint density at radius 2 is 1.87 bits per heavy atom. The Morgan fingerprint density at radius 1 is 1.16 bits per heavy atom. The van der Waals surface area contributed by atoms with Crippen molar-refractivity contribution in [3.63, 3.8) is 0 Å². The lowest BCUT2D eigenvalue weighted by Gasteiger charge is -2.30. The van der Waals surface area contributed by atoms with Gasteiger partial charge in [0.05, 0.1) is 12.2 Å². The van der Waals surface area contributed by atoms with E-state index in [1.54, 1.807) is 0 Å². The number of nitrogens with zero attached hydrogens (tertiary/aromatic N) is 1. The van der Waals surface area contributed by atoms with Crippen LogP contribution < -0.4 is 0 Å². The fourth-order valence-electron chi connectivity index (χ4n) is 5.68. The summed E-state index contributed by atoms with van der Waals surface area (Å²) in [6.45, 7) is 10.5. The van der Waals surface area contributed by atoms with Crippen molar-refractivity contribution in [2.24, 2.45) is 17.8 Å². The van der Waals surface area contributed by atoms with Crippen LogP contribution in [0.15, 0.2) is 23.8 Å². The van der Waals surface area contributed by atoms with Gasteiger partial charge in [-0.15, -0.1) is 0 Å². The summed E-state index contributed by atoms with van der Waals surface area (Å²) in [7, 11) is 0. The molecule has 0 bridgehead atoms. The number of hydrogen-bond acceptors (Lipinski definition) is 3. The molecule has 0 aliphatic heterocycles. The number of aliphatic hydroxyl groups is 2. The highest BCUT2D eigenvalue weighted by Gasteiger charge is 2.43. The van der Waals surface area contributed by atoms with Crippen LogP contribution in [0.4, 0.5) is 0 Å². The first-order chi connectivity index (χ1) is 14.7. The number of fused-ring (bicyclic) bond motifs is 1. The Morgan fingerprint density at radius 3 is 2.52 bits per heavy atom.